The molecule has 0 spiro atoms. The molecule has 1 saturated carbocycles. The third-order valence-electron chi connectivity index (χ3n) is 4.09. The van der Waals surface area contributed by atoms with Gasteiger partial charge in [-0.05, 0) is 31.7 Å². The fourth-order valence-electron chi connectivity index (χ4n) is 2.41. The van der Waals surface area contributed by atoms with Gasteiger partial charge in [-0.3, -0.25) is 14.9 Å². The van der Waals surface area contributed by atoms with Gasteiger partial charge in [-0.1, -0.05) is 0 Å². The summed E-state index contributed by atoms with van der Waals surface area (Å²) in [6.07, 6.45) is 2.84. The molecule has 10 heteroatoms. The monoisotopic (exact) mass is 377 g/mol. The zero-order valence-electron chi connectivity index (χ0n) is 13.3. The van der Waals surface area contributed by atoms with Crippen molar-refractivity contribution in [1.82, 2.24) is 5.32 Å². The van der Waals surface area contributed by atoms with Crippen LogP contribution in [0, 0.1) is 16.0 Å². The average Bonchev–Trinajstić information content (AvgIpc) is 3.30. The summed E-state index contributed by atoms with van der Waals surface area (Å²) in [7, 11) is -3.68. The number of benzene rings is 1. The third kappa shape index (κ3) is 4.43. The fourth-order valence-corrected chi connectivity index (χ4v) is 3.08. The van der Waals surface area contributed by atoms with E-state index in [1.165, 1.54) is 0 Å². The van der Waals surface area contributed by atoms with E-state index in [0.717, 1.165) is 37.3 Å². The van der Waals surface area contributed by atoms with E-state index < -0.39 is 31.9 Å². The van der Waals surface area contributed by atoms with Crippen LogP contribution in [0.3, 0.4) is 0 Å². The standard InChI is InChI=1S/C14H19N3O5S.ClH/c1-14(8-15,10-3-4-10)16-13(18)9-5-11(17(19)20)7-12(6-9)23(2,21)22;/h5-7,10H,3-4,8,15H2,1-2H3,(H,16,18);1H. The molecule has 0 heterocycles. The second-order valence-corrected chi connectivity index (χ2v) is 8.11. The molecule has 0 aromatic heterocycles. The first-order valence-electron chi connectivity index (χ1n) is 7.09. The third-order valence-corrected chi connectivity index (χ3v) is 5.19. The van der Waals surface area contributed by atoms with Crippen LogP contribution in [0.25, 0.3) is 0 Å². The summed E-state index contributed by atoms with van der Waals surface area (Å²) in [6.45, 7) is 2.05. The van der Waals surface area contributed by atoms with E-state index in [1.807, 2.05) is 6.92 Å². The molecule has 0 saturated heterocycles. The van der Waals surface area contributed by atoms with Gasteiger partial charge in [0.25, 0.3) is 11.6 Å². The molecule has 1 amide bonds. The van der Waals surface area contributed by atoms with Gasteiger partial charge in [-0.25, -0.2) is 8.42 Å². The highest BCUT2D eigenvalue weighted by molar-refractivity contribution is 7.90. The van der Waals surface area contributed by atoms with Gasteiger partial charge in [0.1, 0.15) is 0 Å². The summed E-state index contributed by atoms with van der Waals surface area (Å²) >= 11 is 0. The highest BCUT2D eigenvalue weighted by Crippen LogP contribution is 2.39. The SMILES string of the molecule is CC(CN)(NC(=O)c1cc([N+](=O)[O-])cc(S(C)(=O)=O)c1)C1CC1.Cl. The molecule has 2 rings (SSSR count). The van der Waals surface area contributed by atoms with Crippen molar-refractivity contribution in [3.05, 3.63) is 33.9 Å². The zero-order chi connectivity index (χ0) is 17.4. The summed E-state index contributed by atoms with van der Waals surface area (Å²) in [5, 5.41) is 13.8. The van der Waals surface area contributed by atoms with Crippen LogP contribution >= 0.6 is 12.4 Å². The van der Waals surface area contributed by atoms with Crippen molar-refractivity contribution in [2.24, 2.45) is 11.7 Å². The highest BCUT2D eigenvalue weighted by Gasteiger charge is 2.41. The van der Waals surface area contributed by atoms with E-state index in [9.17, 15) is 23.3 Å². The van der Waals surface area contributed by atoms with Crippen molar-refractivity contribution in [3.63, 3.8) is 0 Å². The number of non-ortho nitro benzene ring substituents is 1. The number of carbonyl (C=O) groups is 1. The molecule has 1 aliphatic carbocycles. The Balaban J connectivity index is 0.00000288. The summed E-state index contributed by atoms with van der Waals surface area (Å²) < 4.78 is 23.3. The number of nitro groups is 1. The first kappa shape index (κ1) is 20.3. The Hall–Kier alpha value is -1.71. The van der Waals surface area contributed by atoms with E-state index in [2.05, 4.69) is 5.32 Å². The molecule has 134 valence electrons. The average molecular weight is 378 g/mol. The maximum absolute atomic E-state index is 12.4. The van der Waals surface area contributed by atoms with Crippen LogP contribution < -0.4 is 11.1 Å². The number of sulfone groups is 1. The molecule has 0 bridgehead atoms. The number of nitrogens with zero attached hydrogens (tertiary/aromatic N) is 1. The predicted molar refractivity (Wildman–Crippen MR) is 91.1 cm³/mol. The lowest BCUT2D eigenvalue weighted by Gasteiger charge is -2.29. The Labute approximate surface area is 146 Å². The van der Waals surface area contributed by atoms with E-state index in [4.69, 9.17) is 5.73 Å². The summed E-state index contributed by atoms with van der Waals surface area (Å²) in [6, 6.07) is 3.14. The normalized spacial score (nSPS) is 16.6. The molecule has 1 atom stereocenters. The van der Waals surface area contributed by atoms with Gasteiger partial charge in [0.05, 0.1) is 15.4 Å². The molecular formula is C14H20ClN3O5S. The Morgan fingerprint density at radius 2 is 2.00 bits per heavy atom. The minimum absolute atomic E-state index is 0. The second-order valence-electron chi connectivity index (χ2n) is 6.09. The van der Waals surface area contributed by atoms with Gasteiger partial charge in [-0.15, -0.1) is 12.4 Å². The zero-order valence-corrected chi connectivity index (χ0v) is 14.9. The van der Waals surface area contributed by atoms with Crippen LogP contribution in [0.5, 0.6) is 0 Å². The topological polar surface area (TPSA) is 132 Å². The number of nitrogens with two attached hydrogens (primary N) is 1. The first-order chi connectivity index (χ1) is 10.6. The number of hydrogen-bond donors (Lipinski definition) is 2. The summed E-state index contributed by atoms with van der Waals surface area (Å²) in [5.74, 6) is -0.303. The van der Waals surface area contributed by atoms with Crippen LogP contribution in [-0.2, 0) is 9.84 Å². The van der Waals surface area contributed by atoms with Crippen molar-refractivity contribution >= 4 is 33.8 Å². The minimum atomic E-state index is -3.68. The molecule has 3 N–H and O–H groups in total. The van der Waals surface area contributed by atoms with Gasteiger partial charge in [-0.2, -0.15) is 0 Å². The van der Waals surface area contributed by atoms with Crippen molar-refractivity contribution in [3.8, 4) is 0 Å². The number of nitrogens with one attached hydrogen (secondary N) is 1. The van der Waals surface area contributed by atoms with Crippen LogP contribution in [0.1, 0.15) is 30.1 Å². The maximum atomic E-state index is 12.4. The number of carbonyl (C=O) groups excluding carboxylic acids is 1. The number of halogens is 1. The molecule has 1 aromatic rings. The van der Waals surface area contributed by atoms with Gasteiger partial charge < -0.3 is 11.1 Å². The van der Waals surface area contributed by atoms with Crippen molar-refractivity contribution in [2.75, 3.05) is 12.8 Å². The van der Waals surface area contributed by atoms with E-state index in [-0.39, 0.29) is 35.3 Å². The lowest BCUT2D eigenvalue weighted by Crippen LogP contribution is -2.53. The number of nitro benzene ring substituents is 1. The van der Waals surface area contributed by atoms with Crippen LogP contribution in [-0.4, -0.2) is 37.6 Å². The lowest BCUT2D eigenvalue weighted by molar-refractivity contribution is -0.385. The maximum Gasteiger partial charge on any atom is 0.271 e. The number of hydrogen-bond acceptors (Lipinski definition) is 6. The van der Waals surface area contributed by atoms with Gasteiger partial charge in [0, 0.05) is 30.5 Å². The molecule has 24 heavy (non-hydrogen) atoms. The lowest BCUT2D eigenvalue weighted by atomic mass is 9.95. The van der Waals surface area contributed by atoms with Gasteiger partial charge in [0.15, 0.2) is 9.84 Å². The van der Waals surface area contributed by atoms with Crippen LogP contribution in [0.15, 0.2) is 23.1 Å². The Bertz CT molecular complexity index is 764. The predicted octanol–water partition coefficient (Wildman–Crippen LogP) is 1.28. The van der Waals surface area contributed by atoms with E-state index >= 15 is 0 Å². The Morgan fingerprint density at radius 1 is 1.42 bits per heavy atom. The Kier molecular flexibility index (Phi) is 5.96. The molecule has 1 unspecified atom stereocenters. The number of amides is 1. The Morgan fingerprint density at radius 3 is 2.42 bits per heavy atom. The van der Waals surface area contributed by atoms with Crippen molar-refractivity contribution < 1.29 is 18.1 Å². The minimum Gasteiger partial charge on any atom is -0.345 e. The molecule has 0 aliphatic heterocycles. The summed E-state index contributed by atoms with van der Waals surface area (Å²) in [4.78, 5) is 22.4. The van der Waals surface area contributed by atoms with Gasteiger partial charge >= 0.3 is 0 Å². The van der Waals surface area contributed by atoms with Crippen molar-refractivity contribution in [2.45, 2.75) is 30.2 Å². The largest absolute Gasteiger partial charge is 0.345 e. The van der Waals surface area contributed by atoms with Crippen LogP contribution in [0.4, 0.5) is 5.69 Å². The smallest absolute Gasteiger partial charge is 0.271 e. The van der Waals surface area contributed by atoms with E-state index in [0.29, 0.717) is 0 Å². The van der Waals surface area contributed by atoms with Crippen molar-refractivity contribution in [1.29, 1.82) is 0 Å². The molecule has 0 radical (unpaired) electrons. The molecule has 1 aliphatic rings. The second kappa shape index (κ2) is 7.04. The molecule has 1 fully saturated rings. The molecule has 1 aromatic carbocycles. The number of rotatable bonds is 6. The van der Waals surface area contributed by atoms with E-state index in [1.54, 1.807) is 0 Å². The summed E-state index contributed by atoms with van der Waals surface area (Å²) in [5.41, 5.74) is 4.61. The first-order valence-corrected chi connectivity index (χ1v) is 8.98. The highest BCUT2D eigenvalue weighted by atomic mass is 35.5. The fraction of sp³-hybridized carbons (Fsp3) is 0.500. The molecular weight excluding hydrogens is 358 g/mol. The van der Waals surface area contributed by atoms with Gasteiger partial charge in [0.2, 0.25) is 0 Å². The quantitative estimate of drug-likeness (QED) is 0.566. The van der Waals surface area contributed by atoms with Crippen LogP contribution in [0.2, 0.25) is 0 Å². The molecule has 8 nitrogen and oxygen atoms in total.